The number of nitrogens with two attached hydrogens (primary N) is 1. The molecule has 100 valence electrons. The topological polar surface area (TPSA) is 64.4 Å². The summed E-state index contributed by atoms with van der Waals surface area (Å²) in [4.78, 5) is 11.8. The average molecular weight is 263 g/mol. The van der Waals surface area contributed by atoms with Gasteiger partial charge in [-0.15, -0.1) is 12.4 Å². The first kappa shape index (κ1) is 14.7. The Kier molecular flexibility index (Phi) is 5.22. The average Bonchev–Trinajstić information content (AvgIpc) is 2.94. The number of amides is 1. The highest BCUT2D eigenvalue weighted by molar-refractivity contribution is 5.85. The van der Waals surface area contributed by atoms with Gasteiger partial charge in [0.1, 0.15) is 6.10 Å². The quantitative estimate of drug-likeness (QED) is 0.783. The molecule has 1 heterocycles. The molecule has 0 unspecified atom stereocenters. The minimum atomic E-state index is -0.263. The van der Waals surface area contributed by atoms with Gasteiger partial charge in [0, 0.05) is 13.1 Å². The number of halogens is 1. The van der Waals surface area contributed by atoms with Crippen molar-refractivity contribution in [2.75, 3.05) is 13.1 Å². The van der Waals surface area contributed by atoms with E-state index in [2.05, 4.69) is 12.2 Å². The Balaban J connectivity index is 0.00000144. The first-order valence-corrected chi connectivity index (χ1v) is 6.32. The summed E-state index contributed by atoms with van der Waals surface area (Å²) in [5, 5.41) is 3.02. The zero-order valence-corrected chi connectivity index (χ0v) is 11.2. The molecule has 17 heavy (non-hydrogen) atoms. The van der Waals surface area contributed by atoms with E-state index in [9.17, 15) is 4.79 Å². The lowest BCUT2D eigenvalue weighted by Crippen LogP contribution is -2.38. The van der Waals surface area contributed by atoms with Crippen molar-refractivity contribution in [1.82, 2.24) is 5.32 Å². The summed E-state index contributed by atoms with van der Waals surface area (Å²) in [6.45, 7) is 3.52. The van der Waals surface area contributed by atoms with Crippen LogP contribution in [-0.4, -0.2) is 31.2 Å². The fourth-order valence-corrected chi connectivity index (χ4v) is 2.29. The summed E-state index contributed by atoms with van der Waals surface area (Å²) in [6.07, 6.45) is 5.20. The lowest BCUT2D eigenvalue weighted by Gasteiger charge is -2.16. The molecule has 1 aliphatic heterocycles. The Morgan fingerprint density at radius 2 is 2.18 bits per heavy atom. The molecule has 2 fully saturated rings. The highest BCUT2D eigenvalue weighted by atomic mass is 35.5. The number of ether oxygens (including phenoxy) is 1. The lowest BCUT2D eigenvalue weighted by atomic mass is 10.0. The van der Waals surface area contributed by atoms with Crippen LogP contribution in [0.15, 0.2) is 0 Å². The second-order valence-corrected chi connectivity index (χ2v) is 5.13. The van der Waals surface area contributed by atoms with E-state index < -0.39 is 0 Å². The van der Waals surface area contributed by atoms with Crippen LogP contribution in [0.2, 0.25) is 0 Å². The molecular weight excluding hydrogens is 240 g/mol. The van der Waals surface area contributed by atoms with Crippen molar-refractivity contribution < 1.29 is 9.53 Å². The SMILES string of the molecule is CCC1(CNC(=O)[C@@H]2CC[C@H](CN)O2)CC1.Cl. The number of hydrogen-bond acceptors (Lipinski definition) is 3. The van der Waals surface area contributed by atoms with Gasteiger partial charge in [0.25, 0.3) is 0 Å². The fourth-order valence-electron chi connectivity index (χ4n) is 2.29. The van der Waals surface area contributed by atoms with Gasteiger partial charge in [-0.25, -0.2) is 0 Å². The maximum Gasteiger partial charge on any atom is 0.249 e. The Morgan fingerprint density at radius 1 is 1.47 bits per heavy atom. The summed E-state index contributed by atoms with van der Waals surface area (Å²) in [7, 11) is 0. The van der Waals surface area contributed by atoms with Gasteiger partial charge < -0.3 is 15.8 Å². The first-order chi connectivity index (χ1) is 7.69. The third kappa shape index (κ3) is 3.57. The zero-order chi connectivity index (χ0) is 11.6. The van der Waals surface area contributed by atoms with Crippen LogP contribution < -0.4 is 11.1 Å². The molecule has 2 atom stereocenters. The van der Waals surface area contributed by atoms with E-state index in [1.165, 1.54) is 12.8 Å². The second-order valence-electron chi connectivity index (χ2n) is 5.13. The van der Waals surface area contributed by atoms with E-state index in [1.54, 1.807) is 0 Å². The molecule has 0 bridgehead atoms. The number of hydrogen-bond donors (Lipinski definition) is 2. The fraction of sp³-hybridized carbons (Fsp3) is 0.917. The van der Waals surface area contributed by atoms with Crippen molar-refractivity contribution in [2.24, 2.45) is 11.1 Å². The van der Waals surface area contributed by atoms with Crippen LogP contribution in [0.1, 0.15) is 39.0 Å². The Labute approximate surface area is 109 Å². The second kappa shape index (κ2) is 6.03. The molecule has 0 aromatic heterocycles. The number of nitrogens with one attached hydrogen (secondary N) is 1. The van der Waals surface area contributed by atoms with Crippen LogP contribution >= 0.6 is 12.4 Å². The molecule has 4 nitrogen and oxygen atoms in total. The molecule has 1 saturated heterocycles. The Morgan fingerprint density at radius 3 is 2.65 bits per heavy atom. The van der Waals surface area contributed by atoms with Crippen molar-refractivity contribution in [3.8, 4) is 0 Å². The predicted molar refractivity (Wildman–Crippen MR) is 69.2 cm³/mol. The maximum absolute atomic E-state index is 11.8. The largest absolute Gasteiger partial charge is 0.364 e. The van der Waals surface area contributed by atoms with Gasteiger partial charge in [-0.3, -0.25) is 4.79 Å². The molecule has 3 N–H and O–H groups in total. The Bertz CT molecular complexity index is 269. The molecule has 2 rings (SSSR count). The van der Waals surface area contributed by atoms with Crippen LogP contribution in [0.4, 0.5) is 0 Å². The molecule has 5 heteroatoms. The van der Waals surface area contributed by atoms with Crippen molar-refractivity contribution >= 4 is 18.3 Å². The van der Waals surface area contributed by atoms with Gasteiger partial charge in [0.2, 0.25) is 5.91 Å². The van der Waals surface area contributed by atoms with E-state index in [0.29, 0.717) is 12.0 Å². The molecule has 0 aromatic rings. The molecule has 0 radical (unpaired) electrons. The van der Waals surface area contributed by atoms with Crippen LogP contribution in [0.3, 0.4) is 0 Å². The van der Waals surface area contributed by atoms with Crippen molar-refractivity contribution in [2.45, 2.75) is 51.2 Å². The number of carbonyl (C=O) groups excluding carboxylic acids is 1. The van der Waals surface area contributed by atoms with Gasteiger partial charge >= 0.3 is 0 Å². The van der Waals surface area contributed by atoms with Gasteiger partial charge in [0.15, 0.2) is 0 Å². The summed E-state index contributed by atoms with van der Waals surface area (Å²) >= 11 is 0. The van der Waals surface area contributed by atoms with E-state index in [1.807, 2.05) is 0 Å². The predicted octanol–water partition coefficient (Wildman–Crippen LogP) is 1.22. The number of carbonyl (C=O) groups is 1. The minimum absolute atomic E-state index is 0. The first-order valence-electron chi connectivity index (χ1n) is 6.32. The van der Waals surface area contributed by atoms with Crippen LogP contribution in [0.5, 0.6) is 0 Å². The normalized spacial score (nSPS) is 29.5. The standard InChI is InChI=1S/C12H22N2O2.ClH/c1-2-12(5-6-12)8-14-11(15)10-4-3-9(7-13)16-10;/h9-10H,2-8,13H2,1H3,(H,14,15);1H/t9-,10+;/m1./s1. The van der Waals surface area contributed by atoms with Gasteiger partial charge in [0.05, 0.1) is 6.10 Å². The molecule has 0 spiro atoms. The van der Waals surface area contributed by atoms with E-state index in [-0.39, 0.29) is 30.5 Å². The van der Waals surface area contributed by atoms with Crippen molar-refractivity contribution in [1.29, 1.82) is 0 Å². The smallest absolute Gasteiger partial charge is 0.249 e. The summed E-state index contributed by atoms with van der Waals surface area (Å²) < 4.78 is 5.55. The molecule has 1 saturated carbocycles. The molecular formula is C12H23ClN2O2. The van der Waals surface area contributed by atoms with Crippen LogP contribution in [-0.2, 0) is 9.53 Å². The van der Waals surface area contributed by atoms with Gasteiger partial charge in [-0.2, -0.15) is 0 Å². The summed E-state index contributed by atoms with van der Waals surface area (Å²) in [5.74, 6) is 0.0516. The van der Waals surface area contributed by atoms with Crippen molar-refractivity contribution in [3.63, 3.8) is 0 Å². The molecule has 2 aliphatic rings. The third-order valence-electron chi connectivity index (χ3n) is 4.01. The van der Waals surface area contributed by atoms with E-state index in [0.717, 1.165) is 25.8 Å². The van der Waals surface area contributed by atoms with Crippen LogP contribution in [0.25, 0.3) is 0 Å². The van der Waals surface area contributed by atoms with Crippen LogP contribution in [0, 0.1) is 5.41 Å². The van der Waals surface area contributed by atoms with E-state index >= 15 is 0 Å². The molecule has 1 aliphatic carbocycles. The highest BCUT2D eigenvalue weighted by Crippen LogP contribution is 2.47. The minimum Gasteiger partial charge on any atom is -0.364 e. The summed E-state index contributed by atoms with van der Waals surface area (Å²) in [6, 6.07) is 0. The molecule has 1 amide bonds. The van der Waals surface area contributed by atoms with Gasteiger partial charge in [-0.05, 0) is 37.5 Å². The zero-order valence-electron chi connectivity index (χ0n) is 10.4. The van der Waals surface area contributed by atoms with Crippen molar-refractivity contribution in [3.05, 3.63) is 0 Å². The van der Waals surface area contributed by atoms with Gasteiger partial charge in [-0.1, -0.05) is 6.92 Å². The summed E-state index contributed by atoms with van der Waals surface area (Å²) in [5.41, 5.74) is 5.92. The van der Waals surface area contributed by atoms with E-state index in [4.69, 9.17) is 10.5 Å². The lowest BCUT2D eigenvalue weighted by molar-refractivity contribution is -0.132. The number of rotatable bonds is 5. The maximum atomic E-state index is 11.8. The monoisotopic (exact) mass is 262 g/mol. The highest BCUT2D eigenvalue weighted by Gasteiger charge is 2.41. The Hall–Kier alpha value is -0.320. The third-order valence-corrected chi connectivity index (χ3v) is 4.01. The molecule has 0 aromatic carbocycles.